The summed E-state index contributed by atoms with van der Waals surface area (Å²) in [5.74, 6) is 0.539. The van der Waals surface area contributed by atoms with Crippen molar-refractivity contribution in [2.45, 2.75) is 38.9 Å². The van der Waals surface area contributed by atoms with E-state index in [2.05, 4.69) is 25.5 Å². The summed E-state index contributed by atoms with van der Waals surface area (Å²) in [6.45, 7) is 4.44. The number of hydrogen-bond donors (Lipinski definition) is 2. The summed E-state index contributed by atoms with van der Waals surface area (Å²) in [5, 5.41) is 9.96. The van der Waals surface area contributed by atoms with Crippen molar-refractivity contribution >= 4 is 5.91 Å². The largest absolute Gasteiger partial charge is 0.369 e. The first-order valence-corrected chi connectivity index (χ1v) is 7.42. The number of amides is 1. The molecular formula is C15H19N5O2. The second-order valence-corrected chi connectivity index (χ2v) is 5.43. The number of fused-ring (bicyclic) bond motifs is 1. The van der Waals surface area contributed by atoms with Crippen LogP contribution in [0.1, 0.15) is 47.5 Å². The molecule has 3 rings (SSSR count). The van der Waals surface area contributed by atoms with Gasteiger partial charge in [0.2, 0.25) is 0 Å². The zero-order chi connectivity index (χ0) is 15.5. The maximum atomic E-state index is 12.3. The van der Waals surface area contributed by atoms with Crippen molar-refractivity contribution in [2.24, 2.45) is 0 Å². The molecule has 2 atom stereocenters. The topological polar surface area (TPSA) is 92.8 Å². The van der Waals surface area contributed by atoms with Gasteiger partial charge in [-0.05, 0) is 19.9 Å². The average molecular weight is 301 g/mol. The predicted octanol–water partition coefficient (Wildman–Crippen LogP) is 1.19. The summed E-state index contributed by atoms with van der Waals surface area (Å²) in [6.07, 6.45) is 4.69. The summed E-state index contributed by atoms with van der Waals surface area (Å²) in [4.78, 5) is 20.6. The molecule has 0 aliphatic carbocycles. The van der Waals surface area contributed by atoms with Gasteiger partial charge in [-0.15, -0.1) is 0 Å². The van der Waals surface area contributed by atoms with Crippen LogP contribution in [0.25, 0.3) is 0 Å². The summed E-state index contributed by atoms with van der Waals surface area (Å²) >= 11 is 0. The van der Waals surface area contributed by atoms with Crippen LogP contribution in [-0.4, -0.2) is 38.7 Å². The number of rotatable bonds is 4. The van der Waals surface area contributed by atoms with Crippen LogP contribution in [0.15, 0.2) is 18.5 Å². The van der Waals surface area contributed by atoms with E-state index >= 15 is 0 Å². The monoisotopic (exact) mass is 301 g/mol. The molecule has 7 heteroatoms. The van der Waals surface area contributed by atoms with E-state index in [0.29, 0.717) is 30.9 Å². The van der Waals surface area contributed by atoms with Crippen molar-refractivity contribution in [2.75, 3.05) is 6.54 Å². The fourth-order valence-corrected chi connectivity index (χ4v) is 2.69. The van der Waals surface area contributed by atoms with Crippen molar-refractivity contribution in [1.29, 1.82) is 0 Å². The molecule has 0 saturated carbocycles. The minimum Gasteiger partial charge on any atom is -0.369 e. The lowest BCUT2D eigenvalue weighted by atomic mass is 9.99. The minimum absolute atomic E-state index is 0.0643. The normalized spacial score (nSPS) is 20.5. The Balaban J connectivity index is 1.64. The van der Waals surface area contributed by atoms with Crippen LogP contribution in [0.4, 0.5) is 0 Å². The molecule has 22 heavy (non-hydrogen) atoms. The summed E-state index contributed by atoms with van der Waals surface area (Å²) in [7, 11) is 0. The first-order chi connectivity index (χ1) is 10.6. The number of H-pyrrole nitrogens is 1. The van der Waals surface area contributed by atoms with Gasteiger partial charge in [-0.3, -0.25) is 9.89 Å². The van der Waals surface area contributed by atoms with E-state index in [9.17, 15) is 4.79 Å². The molecule has 0 fully saturated rings. The van der Waals surface area contributed by atoms with Gasteiger partial charge in [0.15, 0.2) is 5.69 Å². The molecular weight excluding hydrogens is 282 g/mol. The molecule has 0 saturated heterocycles. The van der Waals surface area contributed by atoms with Crippen LogP contribution >= 0.6 is 0 Å². The number of nitrogens with one attached hydrogen (secondary N) is 2. The minimum atomic E-state index is -0.172. The maximum absolute atomic E-state index is 12.3. The predicted molar refractivity (Wildman–Crippen MR) is 79.3 cm³/mol. The Morgan fingerprint density at radius 1 is 1.41 bits per heavy atom. The molecule has 0 unspecified atom stereocenters. The molecule has 3 heterocycles. The Morgan fingerprint density at radius 3 is 2.95 bits per heavy atom. The van der Waals surface area contributed by atoms with Crippen LogP contribution in [0.2, 0.25) is 0 Å². The lowest BCUT2D eigenvalue weighted by molar-refractivity contribution is -0.00697. The van der Waals surface area contributed by atoms with E-state index in [1.165, 1.54) is 0 Å². The number of ether oxygens (including phenoxy) is 1. The molecule has 0 bridgehead atoms. The second kappa shape index (κ2) is 6.23. The van der Waals surface area contributed by atoms with E-state index in [-0.39, 0.29) is 18.1 Å². The molecule has 0 spiro atoms. The van der Waals surface area contributed by atoms with Gasteiger partial charge in [0.05, 0.1) is 17.9 Å². The molecule has 1 aliphatic heterocycles. The third-order valence-electron chi connectivity index (χ3n) is 3.70. The molecule has 1 amide bonds. The van der Waals surface area contributed by atoms with Gasteiger partial charge in [-0.1, -0.05) is 0 Å². The van der Waals surface area contributed by atoms with Crippen LogP contribution < -0.4 is 5.32 Å². The van der Waals surface area contributed by atoms with Crippen molar-refractivity contribution in [3.63, 3.8) is 0 Å². The summed E-state index contributed by atoms with van der Waals surface area (Å²) in [6, 6.07) is 1.77. The van der Waals surface area contributed by atoms with E-state index < -0.39 is 0 Å². The third kappa shape index (κ3) is 2.99. The molecule has 2 aromatic rings. The number of aromatic amines is 1. The van der Waals surface area contributed by atoms with Gasteiger partial charge in [0, 0.05) is 37.3 Å². The third-order valence-corrected chi connectivity index (χ3v) is 3.70. The van der Waals surface area contributed by atoms with Crippen molar-refractivity contribution in [1.82, 2.24) is 25.5 Å². The smallest absolute Gasteiger partial charge is 0.272 e. The number of hydrogen-bond acceptors (Lipinski definition) is 5. The van der Waals surface area contributed by atoms with Crippen LogP contribution in [0.5, 0.6) is 0 Å². The highest BCUT2D eigenvalue weighted by Crippen LogP contribution is 2.29. The second-order valence-electron chi connectivity index (χ2n) is 5.43. The average Bonchev–Trinajstić information content (AvgIpc) is 2.92. The molecule has 0 aromatic carbocycles. The quantitative estimate of drug-likeness (QED) is 0.885. The van der Waals surface area contributed by atoms with Gasteiger partial charge in [0.1, 0.15) is 5.82 Å². The van der Waals surface area contributed by atoms with E-state index in [4.69, 9.17) is 4.74 Å². The zero-order valence-corrected chi connectivity index (χ0v) is 12.7. The molecule has 1 aliphatic rings. The Kier molecular flexibility index (Phi) is 4.15. The Morgan fingerprint density at radius 2 is 2.18 bits per heavy atom. The number of aromatic nitrogens is 4. The van der Waals surface area contributed by atoms with E-state index in [1.54, 1.807) is 18.5 Å². The van der Waals surface area contributed by atoms with Crippen molar-refractivity contribution in [3.05, 3.63) is 41.2 Å². The number of nitrogens with zero attached hydrogens (tertiary/aromatic N) is 3. The SMILES string of the molecule is C[C@@H]1Cc2c(C(=O)NCCc3ncccn3)n[nH]c2[C@H](C)O1. The number of carbonyl (C=O) groups excluding carboxylic acids is 1. The van der Waals surface area contributed by atoms with E-state index in [0.717, 1.165) is 11.3 Å². The molecule has 2 aromatic heterocycles. The standard InChI is InChI=1S/C15H19N5O2/c1-9-8-11-13(10(2)22-9)19-20-14(11)15(21)18-7-4-12-16-5-3-6-17-12/h3,5-6,9-10H,4,7-8H2,1-2H3,(H,18,21)(H,19,20)/t9-,10+/m1/s1. The lowest BCUT2D eigenvalue weighted by Gasteiger charge is -2.25. The highest BCUT2D eigenvalue weighted by Gasteiger charge is 2.29. The van der Waals surface area contributed by atoms with Crippen LogP contribution in [-0.2, 0) is 17.6 Å². The molecule has 0 radical (unpaired) electrons. The van der Waals surface area contributed by atoms with Gasteiger partial charge in [-0.25, -0.2) is 9.97 Å². The van der Waals surface area contributed by atoms with Crippen LogP contribution in [0, 0.1) is 0 Å². The molecule has 7 nitrogen and oxygen atoms in total. The fraction of sp³-hybridized carbons (Fsp3) is 0.467. The fourth-order valence-electron chi connectivity index (χ4n) is 2.69. The maximum Gasteiger partial charge on any atom is 0.272 e. The summed E-state index contributed by atoms with van der Waals surface area (Å²) in [5.41, 5.74) is 2.32. The summed E-state index contributed by atoms with van der Waals surface area (Å²) < 4.78 is 5.73. The van der Waals surface area contributed by atoms with Crippen LogP contribution in [0.3, 0.4) is 0 Å². The molecule has 2 N–H and O–H groups in total. The van der Waals surface area contributed by atoms with Gasteiger partial charge in [0.25, 0.3) is 5.91 Å². The van der Waals surface area contributed by atoms with Crippen molar-refractivity contribution in [3.8, 4) is 0 Å². The Hall–Kier alpha value is -2.28. The first-order valence-electron chi connectivity index (χ1n) is 7.42. The highest BCUT2D eigenvalue weighted by atomic mass is 16.5. The Bertz CT molecular complexity index is 655. The Labute approximate surface area is 128 Å². The first kappa shape index (κ1) is 14.6. The van der Waals surface area contributed by atoms with Gasteiger partial charge in [-0.2, -0.15) is 5.10 Å². The highest BCUT2D eigenvalue weighted by molar-refractivity contribution is 5.94. The molecule has 116 valence electrons. The number of carbonyl (C=O) groups is 1. The lowest BCUT2D eigenvalue weighted by Crippen LogP contribution is -2.29. The van der Waals surface area contributed by atoms with Gasteiger partial charge >= 0.3 is 0 Å². The zero-order valence-electron chi connectivity index (χ0n) is 12.7. The van der Waals surface area contributed by atoms with E-state index in [1.807, 2.05) is 13.8 Å². The van der Waals surface area contributed by atoms with Gasteiger partial charge < -0.3 is 10.1 Å². The van der Waals surface area contributed by atoms with Crippen molar-refractivity contribution < 1.29 is 9.53 Å².